The highest BCUT2D eigenvalue weighted by Gasteiger charge is 2.17. The molecule has 3 rings (SSSR count). The second kappa shape index (κ2) is 7.02. The van der Waals surface area contributed by atoms with E-state index in [2.05, 4.69) is 9.71 Å². The lowest BCUT2D eigenvalue weighted by Crippen LogP contribution is -2.23. The van der Waals surface area contributed by atoms with Crippen molar-refractivity contribution in [1.82, 2.24) is 9.71 Å². The lowest BCUT2D eigenvalue weighted by molar-refractivity contribution is 0.413. The van der Waals surface area contributed by atoms with E-state index in [0.717, 1.165) is 20.5 Å². The van der Waals surface area contributed by atoms with Crippen molar-refractivity contribution in [3.8, 4) is 15.6 Å². The minimum atomic E-state index is -3.60. The molecule has 0 atom stereocenters. The monoisotopic (exact) mass is 380 g/mol. The Morgan fingerprint density at radius 3 is 2.79 bits per heavy atom. The Hall–Kier alpha value is -1.74. The third-order valence-electron chi connectivity index (χ3n) is 3.40. The van der Waals surface area contributed by atoms with Gasteiger partial charge in [0.1, 0.15) is 10.8 Å². The van der Waals surface area contributed by atoms with E-state index < -0.39 is 10.0 Å². The van der Waals surface area contributed by atoms with Crippen molar-refractivity contribution in [2.75, 3.05) is 7.11 Å². The van der Waals surface area contributed by atoms with Crippen LogP contribution >= 0.6 is 22.7 Å². The molecule has 0 saturated carbocycles. The zero-order valence-electron chi connectivity index (χ0n) is 13.1. The van der Waals surface area contributed by atoms with Gasteiger partial charge in [0.15, 0.2) is 0 Å². The molecule has 0 saturated heterocycles. The van der Waals surface area contributed by atoms with Gasteiger partial charge in [-0.1, -0.05) is 12.1 Å². The zero-order valence-corrected chi connectivity index (χ0v) is 15.6. The standard InChI is InChI=1S/C16H16N2O3S3/c1-11-15(23-16(18-11)14-7-4-8-22-14)10-17-24(19,20)13-6-3-5-12(9-13)21-2/h3-9,17H,10H2,1-2H3. The normalized spacial score (nSPS) is 11.6. The van der Waals surface area contributed by atoms with Crippen LogP contribution in [0, 0.1) is 6.92 Å². The van der Waals surface area contributed by atoms with Crippen molar-refractivity contribution >= 4 is 32.7 Å². The Balaban J connectivity index is 1.77. The molecule has 0 aliphatic carbocycles. The number of aromatic nitrogens is 1. The number of aryl methyl sites for hydroxylation is 1. The molecule has 1 N–H and O–H groups in total. The minimum Gasteiger partial charge on any atom is -0.497 e. The van der Waals surface area contributed by atoms with Gasteiger partial charge in [-0.3, -0.25) is 0 Å². The number of rotatable bonds is 6. The lowest BCUT2D eigenvalue weighted by Gasteiger charge is -2.07. The number of benzene rings is 1. The summed E-state index contributed by atoms with van der Waals surface area (Å²) in [7, 11) is -2.09. The Morgan fingerprint density at radius 1 is 1.25 bits per heavy atom. The van der Waals surface area contributed by atoms with Crippen LogP contribution in [0.15, 0.2) is 46.7 Å². The Labute approximate surface area is 149 Å². The fourth-order valence-corrected chi connectivity index (χ4v) is 5.03. The summed E-state index contributed by atoms with van der Waals surface area (Å²) in [5.74, 6) is 0.506. The van der Waals surface area contributed by atoms with Gasteiger partial charge in [0.2, 0.25) is 10.0 Å². The van der Waals surface area contributed by atoms with Crippen LogP contribution in [0.25, 0.3) is 9.88 Å². The highest BCUT2D eigenvalue weighted by molar-refractivity contribution is 7.89. The molecule has 1 aromatic carbocycles. The van der Waals surface area contributed by atoms with E-state index in [1.807, 2.05) is 24.4 Å². The van der Waals surface area contributed by atoms with Gasteiger partial charge >= 0.3 is 0 Å². The molecule has 24 heavy (non-hydrogen) atoms. The smallest absolute Gasteiger partial charge is 0.241 e. The Morgan fingerprint density at radius 2 is 2.08 bits per heavy atom. The van der Waals surface area contributed by atoms with Crippen LogP contribution in [-0.2, 0) is 16.6 Å². The molecule has 0 radical (unpaired) electrons. The molecule has 126 valence electrons. The van der Waals surface area contributed by atoms with Crippen LogP contribution in [0.3, 0.4) is 0 Å². The largest absolute Gasteiger partial charge is 0.497 e. The highest BCUT2D eigenvalue weighted by Crippen LogP contribution is 2.31. The van der Waals surface area contributed by atoms with Crippen molar-refractivity contribution in [1.29, 1.82) is 0 Å². The minimum absolute atomic E-state index is 0.183. The fourth-order valence-electron chi connectivity index (χ4n) is 2.11. The van der Waals surface area contributed by atoms with Crippen LogP contribution in [0.2, 0.25) is 0 Å². The highest BCUT2D eigenvalue weighted by atomic mass is 32.2. The molecule has 0 spiro atoms. The van der Waals surface area contributed by atoms with E-state index in [1.54, 1.807) is 29.5 Å². The van der Waals surface area contributed by atoms with Crippen LogP contribution in [0.5, 0.6) is 5.75 Å². The van der Waals surface area contributed by atoms with Gasteiger partial charge in [-0.25, -0.2) is 18.1 Å². The lowest BCUT2D eigenvalue weighted by atomic mass is 10.3. The summed E-state index contributed by atoms with van der Waals surface area (Å²) in [5.41, 5.74) is 0.844. The maximum Gasteiger partial charge on any atom is 0.241 e. The first-order chi connectivity index (χ1) is 11.5. The zero-order chi connectivity index (χ0) is 17.2. The van der Waals surface area contributed by atoms with Gasteiger partial charge < -0.3 is 4.74 Å². The summed E-state index contributed by atoms with van der Waals surface area (Å²) in [6.45, 7) is 2.11. The molecule has 2 aromatic heterocycles. The van der Waals surface area contributed by atoms with Crippen LogP contribution in [-0.4, -0.2) is 20.5 Å². The number of thiophene rings is 1. The summed E-state index contributed by atoms with van der Waals surface area (Å²) in [6.07, 6.45) is 0. The van der Waals surface area contributed by atoms with Crippen molar-refractivity contribution in [3.63, 3.8) is 0 Å². The maximum absolute atomic E-state index is 12.4. The predicted octanol–water partition coefficient (Wildman–Crippen LogP) is 3.67. The average Bonchev–Trinajstić information content (AvgIpc) is 3.23. The van der Waals surface area contributed by atoms with E-state index in [1.165, 1.54) is 24.5 Å². The molecule has 2 heterocycles. The first-order valence-corrected chi connectivity index (χ1v) is 10.3. The Kier molecular flexibility index (Phi) is 5.00. The van der Waals surface area contributed by atoms with Crippen LogP contribution < -0.4 is 9.46 Å². The van der Waals surface area contributed by atoms with Crippen molar-refractivity contribution in [2.24, 2.45) is 0 Å². The van der Waals surface area contributed by atoms with Gasteiger partial charge in [0, 0.05) is 17.5 Å². The first kappa shape index (κ1) is 17.1. The molecule has 8 heteroatoms. The first-order valence-electron chi connectivity index (χ1n) is 7.13. The summed E-state index contributed by atoms with van der Waals surface area (Å²) in [6, 6.07) is 10.4. The maximum atomic E-state index is 12.4. The van der Waals surface area contributed by atoms with E-state index in [0.29, 0.717) is 5.75 Å². The van der Waals surface area contributed by atoms with Gasteiger partial charge in [-0.05, 0) is 30.5 Å². The van der Waals surface area contributed by atoms with E-state index in [9.17, 15) is 8.42 Å². The fraction of sp³-hybridized carbons (Fsp3) is 0.188. The molecule has 0 bridgehead atoms. The number of thiazole rings is 1. The van der Waals surface area contributed by atoms with Crippen molar-refractivity contribution in [2.45, 2.75) is 18.4 Å². The number of hydrogen-bond acceptors (Lipinski definition) is 6. The quantitative estimate of drug-likeness (QED) is 0.708. The van der Waals surface area contributed by atoms with Crippen molar-refractivity contribution < 1.29 is 13.2 Å². The molecule has 0 aliphatic rings. The predicted molar refractivity (Wildman–Crippen MR) is 97.2 cm³/mol. The summed E-state index contributed by atoms with van der Waals surface area (Å²) in [5, 5.41) is 2.91. The molecule has 0 aliphatic heterocycles. The SMILES string of the molecule is COc1cccc(S(=O)(=O)NCc2sc(-c3cccs3)nc2C)c1. The summed E-state index contributed by atoms with van der Waals surface area (Å²) >= 11 is 3.13. The van der Waals surface area contributed by atoms with Gasteiger partial charge in [-0.15, -0.1) is 22.7 Å². The summed E-state index contributed by atoms with van der Waals surface area (Å²) in [4.78, 5) is 6.71. The van der Waals surface area contributed by atoms with Gasteiger partial charge in [-0.2, -0.15) is 0 Å². The summed E-state index contributed by atoms with van der Waals surface area (Å²) < 4.78 is 32.6. The second-order valence-electron chi connectivity index (χ2n) is 5.01. The van der Waals surface area contributed by atoms with E-state index in [4.69, 9.17) is 4.74 Å². The molecular formula is C16H16N2O3S3. The topological polar surface area (TPSA) is 68.3 Å². The number of sulfonamides is 1. The van der Waals surface area contributed by atoms with E-state index in [-0.39, 0.29) is 11.4 Å². The average molecular weight is 381 g/mol. The third kappa shape index (κ3) is 3.67. The van der Waals surface area contributed by atoms with Gasteiger partial charge in [0.05, 0.1) is 22.6 Å². The number of ether oxygens (including phenoxy) is 1. The third-order valence-corrected chi connectivity index (χ3v) is 6.99. The molecule has 5 nitrogen and oxygen atoms in total. The van der Waals surface area contributed by atoms with Crippen LogP contribution in [0.4, 0.5) is 0 Å². The molecular weight excluding hydrogens is 364 g/mol. The van der Waals surface area contributed by atoms with Gasteiger partial charge in [0.25, 0.3) is 0 Å². The number of nitrogens with zero attached hydrogens (tertiary/aromatic N) is 1. The number of nitrogens with one attached hydrogen (secondary N) is 1. The molecule has 0 amide bonds. The second-order valence-corrected chi connectivity index (χ2v) is 8.81. The van der Waals surface area contributed by atoms with E-state index >= 15 is 0 Å². The number of hydrogen-bond donors (Lipinski definition) is 1. The molecule has 0 unspecified atom stereocenters. The Bertz CT molecular complexity index is 931. The van der Waals surface area contributed by atoms with Crippen LogP contribution in [0.1, 0.15) is 10.6 Å². The van der Waals surface area contributed by atoms with Crippen molar-refractivity contribution in [3.05, 3.63) is 52.3 Å². The number of methoxy groups -OCH3 is 1. The molecule has 0 fully saturated rings. The molecule has 3 aromatic rings.